The van der Waals surface area contributed by atoms with Crippen LogP contribution in [-0.4, -0.2) is 22.5 Å². The van der Waals surface area contributed by atoms with Gasteiger partial charge in [0.25, 0.3) is 0 Å². The molecular formula is C16H22N2O2S. The molecule has 0 bridgehead atoms. The van der Waals surface area contributed by atoms with Crippen molar-refractivity contribution in [3.8, 4) is 0 Å². The van der Waals surface area contributed by atoms with Crippen molar-refractivity contribution in [2.24, 2.45) is 11.0 Å². The predicted octanol–water partition coefficient (Wildman–Crippen LogP) is 3.30. The molecule has 1 aliphatic heterocycles. The summed E-state index contributed by atoms with van der Waals surface area (Å²) in [7, 11) is 0. The number of carbonyl (C=O) groups excluding carboxylic acids is 1. The molecule has 0 saturated carbocycles. The summed E-state index contributed by atoms with van der Waals surface area (Å²) in [5.74, 6) is -0.392. The molecule has 0 saturated heterocycles. The normalized spacial score (nSPS) is 22.4. The lowest BCUT2D eigenvalue weighted by atomic mass is 9.98. The first-order chi connectivity index (χ1) is 10.00. The van der Waals surface area contributed by atoms with Crippen LogP contribution in [0.4, 0.5) is 0 Å². The largest absolute Gasteiger partial charge is 0.466 e. The van der Waals surface area contributed by atoms with Crippen molar-refractivity contribution in [2.75, 3.05) is 6.61 Å². The van der Waals surface area contributed by atoms with Crippen LogP contribution in [0.3, 0.4) is 0 Å². The number of aryl methyl sites for hydroxylation is 1. The Labute approximate surface area is 130 Å². The lowest BCUT2D eigenvalue weighted by Gasteiger charge is -2.30. The Morgan fingerprint density at radius 1 is 1.38 bits per heavy atom. The van der Waals surface area contributed by atoms with Gasteiger partial charge in [0.15, 0.2) is 0 Å². The number of esters is 1. The smallest absolute Gasteiger partial charge is 0.312 e. The third kappa shape index (κ3) is 3.40. The van der Waals surface area contributed by atoms with Crippen LogP contribution in [0.2, 0.25) is 0 Å². The maximum absolute atomic E-state index is 12.1. The van der Waals surface area contributed by atoms with Crippen molar-refractivity contribution >= 4 is 22.8 Å². The van der Waals surface area contributed by atoms with E-state index in [1.807, 2.05) is 20.8 Å². The van der Waals surface area contributed by atoms with Crippen LogP contribution in [0.25, 0.3) is 0 Å². The van der Waals surface area contributed by atoms with E-state index < -0.39 is 4.87 Å². The molecule has 1 aromatic carbocycles. The number of rotatable bonds is 5. The summed E-state index contributed by atoms with van der Waals surface area (Å²) in [5.41, 5.74) is 5.43. The van der Waals surface area contributed by atoms with Crippen molar-refractivity contribution in [3.63, 3.8) is 0 Å². The number of hydrazone groups is 1. The van der Waals surface area contributed by atoms with E-state index in [9.17, 15) is 4.79 Å². The van der Waals surface area contributed by atoms with E-state index in [0.29, 0.717) is 13.0 Å². The molecule has 0 aromatic heterocycles. The molecule has 0 fully saturated rings. The van der Waals surface area contributed by atoms with Crippen LogP contribution < -0.4 is 5.43 Å². The minimum absolute atomic E-state index is 0.164. The van der Waals surface area contributed by atoms with E-state index in [1.54, 1.807) is 11.8 Å². The van der Waals surface area contributed by atoms with Gasteiger partial charge in [-0.25, -0.2) is 0 Å². The number of thioether (sulfide) groups is 1. The van der Waals surface area contributed by atoms with Crippen molar-refractivity contribution in [2.45, 2.75) is 39.0 Å². The number of nitrogens with one attached hydrogen (secondary N) is 1. The molecule has 0 amide bonds. The number of nitrogens with zero attached hydrogens (tertiary/aromatic N) is 1. The highest BCUT2D eigenvalue weighted by Gasteiger charge is 2.44. The zero-order valence-electron chi connectivity index (χ0n) is 13.0. The summed E-state index contributed by atoms with van der Waals surface area (Å²) in [6.45, 7) is 8.30. The Morgan fingerprint density at radius 3 is 2.62 bits per heavy atom. The zero-order valence-corrected chi connectivity index (χ0v) is 13.8. The van der Waals surface area contributed by atoms with Crippen molar-refractivity contribution < 1.29 is 9.53 Å². The monoisotopic (exact) mass is 306 g/mol. The average Bonchev–Trinajstić information content (AvgIpc) is 2.84. The summed E-state index contributed by atoms with van der Waals surface area (Å²) < 4.78 is 5.19. The molecule has 0 aliphatic carbocycles. The standard InChI is InChI=1S/C16H22N2O2S/c1-5-13(15(19)20-6-2)16(4)18-17-14(21-16)12-9-7-11(3)8-10-12/h7-10,13,18H,5-6H2,1-4H3/t13-,16-/m0/s1. The third-order valence-electron chi connectivity index (χ3n) is 3.63. The molecule has 1 aromatic rings. The molecule has 2 rings (SSSR count). The number of hydrogen-bond acceptors (Lipinski definition) is 5. The van der Waals surface area contributed by atoms with Gasteiger partial charge in [-0.3, -0.25) is 10.2 Å². The fourth-order valence-electron chi connectivity index (χ4n) is 2.40. The van der Waals surface area contributed by atoms with Gasteiger partial charge in [-0.05, 0) is 27.2 Å². The van der Waals surface area contributed by atoms with E-state index in [2.05, 4.69) is 41.7 Å². The third-order valence-corrected chi connectivity index (χ3v) is 4.95. The Bertz CT molecular complexity index is 542. The first-order valence-corrected chi connectivity index (χ1v) is 8.09. The molecule has 21 heavy (non-hydrogen) atoms. The molecular weight excluding hydrogens is 284 g/mol. The minimum atomic E-state index is -0.457. The SMILES string of the molecule is CCOC(=O)[C@H](CC)[C@@]1(C)NN=C(c2ccc(C)cc2)S1. The summed E-state index contributed by atoms with van der Waals surface area (Å²) in [6, 6.07) is 8.24. The Kier molecular flexibility index (Phi) is 4.93. The number of benzene rings is 1. The molecule has 1 N–H and O–H groups in total. The van der Waals surface area contributed by atoms with Gasteiger partial charge in [-0.2, -0.15) is 5.10 Å². The van der Waals surface area contributed by atoms with E-state index in [1.165, 1.54) is 5.56 Å². The number of carbonyl (C=O) groups is 1. The minimum Gasteiger partial charge on any atom is -0.466 e. The van der Waals surface area contributed by atoms with Crippen molar-refractivity contribution in [1.29, 1.82) is 0 Å². The summed E-state index contributed by atoms with van der Waals surface area (Å²) in [6.07, 6.45) is 0.714. The second kappa shape index (κ2) is 6.52. The fraction of sp³-hybridized carbons (Fsp3) is 0.500. The molecule has 0 radical (unpaired) electrons. The topological polar surface area (TPSA) is 50.7 Å². The van der Waals surface area contributed by atoms with Gasteiger partial charge in [0.1, 0.15) is 9.91 Å². The lowest BCUT2D eigenvalue weighted by molar-refractivity contribution is -0.149. The van der Waals surface area contributed by atoms with Crippen molar-refractivity contribution in [1.82, 2.24) is 5.43 Å². The molecule has 1 heterocycles. The second-order valence-electron chi connectivity index (χ2n) is 5.32. The molecule has 1 aliphatic rings. The highest BCUT2D eigenvalue weighted by Crippen LogP contribution is 2.39. The zero-order chi connectivity index (χ0) is 15.5. The highest BCUT2D eigenvalue weighted by molar-refractivity contribution is 8.15. The van der Waals surface area contributed by atoms with Gasteiger partial charge in [0.05, 0.1) is 12.5 Å². The predicted molar refractivity (Wildman–Crippen MR) is 87.3 cm³/mol. The highest BCUT2D eigenvalue weighted by atomic mass is 32.2. The van der Waals surface area contributed by atoms with Crippen LogP contribution in [0, 0.1) is 12.8 Å². The van der Waals surface area contributed by atoms with Crippen LogP contribution >= 0.6 is 11.8 Å². The Hall–Kier alpha value is -1.49. The van der Waals surface area contributed by atoms with Gasteiger partial charge in [0, 0.05) is 5.56 Å². The molecule has 114 valence electrons. The van der Waals surface area contributed by atoms with Gasteiger partial charge >= 0.3 is 5.97 Å². The van der Waals surface area contributed by atoms with Crippen molar-refractivity contribution in [3.05, 3.63) is 35.4 Å². The van der Waals surface area contributed by atoms with E-state index >= 15 is 0 Å². The van der Waals surface area contributed by atoms with Gasteiger partial charge in [0.2, 0.25) is 0 Å². The van der Waals surface area contributed by atoms with Crippen LogP contribution in [0.1, 0.15) is 38.3 Å². The first kappa shape index (κ1) is 15.9. The maximum Gasteiger partial charge on any atom is 0.312 e. The molecule has 5 heteroatoms. The van der Waals surface area contributed by atoms with Gasteiger partial charge in [-0.15, -0.1) is 0 Å². The first-order valence-electron chi connectivity index (χ1n) is 7.27. The van der Waals surface area contributed by atoms with Gasteiger partial charge < -0.3 is 4.74 Å². The maximum atomic E-state index is 12.1. The lowest BCUT2D eigenvalue weighted by Crippen LogP contribution is -2.44. The van der Waals surface area contributed by atoms with E-state index in [4.69, 9.17) is 4.74 Å². The molecule has 0 unspecified atom stereocenters. The summed E-state index contributed by atoms with van der Waals surface area (Å²) in [5, 5.41) is 5.34. The Morgan fingerprint density at radius 2 is 2.05 bits per heavy atom. The fourth-order valence-corrected chi connectivity index (χ4v) is 3.64. The summed E-state index contributed by atoms with van der Waals surface area (Å²) >= 11 is 1.60. The summed E-state index contributed by atoms with van der Waals surface area (Å²) in [4.78, 5) is 11.7. The van der Waals surface area contributed by atoms with Crippen LogP contribution in [0.5, 0.6) is 0 Å². The van der Waals surface area contributed by atoms with Crippen LogP contribution in [0.15, 0.2) is 29.4 Å². The molecule has 2 atom stereocenters. The average molecular weight is 306 g/mol. The van der Waals surface area contributed by atoms with Crippen LogP contribution in [-0.2, 0) is 9.53 Å². The van der Waals surface area contributed by atoms with E-state index in [-0.39, 0.29) is 11.9 Å². The van der Waals surface area contributed by atoms with Gasteiger partial charge in [-0.1, -0.05) is 48.5 Å². The second-order valence-corrected chi connectivity index (χ2v) is 6.76. The van der Waals surface area contributed by atoms with E-state index in [0.717, 1.165) is 10.6 Å². The molecule has 0 spiro atoms. The number of hydrogen-bond donors (Lipinski definition) is 1. The quantitative estimate of drug-likeness (QED) is 0.848. The number of ether oxygens (including phenoxy) is 1. The molecule has 4 nitrogen and oxygen atoms in total. The Balaban J connectivity index is 2.14.